The minimum absolute atomic E-state index is 0.0424. The molecule has 1 aliphatic heterocycles. The van der Waals surface area contributed by atoms with Gasteiger partial charge < -0.3 is 10.2 Å². The molecule has 1 aliphatic rings. The molecule has 0 spiro atoms. The Labute approximate surface area is 126 Å². The molecule has 1 N–H and O–H groups in total. The van der Waals surface area contributed by atoms with E-state index in [1.807, 2.05) is 13.1 Å². The number of non-ortho nitro benzene ring substituents is 1. The Bertz CT molecular complexity index is 657. The van der Waals surface area contributed by atoms with Gasteiger partial charge in [-0.3, -0.25) is 14.9 Å². The lowest BCUT2D eigenvalue weighted by atomic mass is 10.2. The van der Waals surface area contributed by atoms with Gasteiger partial charge in [0, 0.05) is 31.6 Å². The van der Waals surface area contributed by atoms with Gasteiger partial charge in [-0.25, -0.2) is 4.99 Å². The number of amides is 1. The highest BCUT2D eigenvalue weighted by molar-refractivity contribution is 6.33. The molecule has 0 radical (unpaired) electrons. The summed E-state index contributed by atoms with van der Waals surface area (Å²) in [5.74, 6) is -0.523. The van der Waals surface area contributed by atoms with Crippen molar-refractivity contribution in [1.29, 1.82) is 0 Å². The van der Waals surface area contributed by atoms with E-state index in [1.54, 1.807) is 18.2 Å². The molecule has 1 amide bonds. The molecule has 0 aliphatic carbocycles. The monoisotopic (exact) mass is 308 g/mol. The lowest BCUT2D eigenvalue weighted by Gasteiger charge is -2.27. The number of nitrogens with zero attached hydrogens (tertiary/aromatic N) is 3. The Morgan fingerprint density at radius 2 is 2.24 bits per heavy atom. The van der Waals surface area contributed by atoms with Gasteiger partial charge in [-0.1, -0.05) is 11.6 Å². The minimum atomic E-state index is -0.579. The second kappa shape index (κ2) is 5.92. The minimum Gasteiger partial charge on any atom is -0.342 e. The van der Waals surface area contributed by atoms with Gasteiger partial charge in [0.25, 0.3) is 11.6 Å². The van der Waals surface area contributed by atoms with E-state index in [9.17, 15) is 14.9 Å². The molecule has 110 valence electrons. The first-order valence-electron chi connectivity index (χ1n) is 6.07. The third kappa shape index (κ3) is 3.38. The maximum absolute atomic E-state index is 12.2. The Hall–Kier alpha value is -2.41. The van der Waals surface area contributed by atoms with Crippen LogP contribution in [0.25, 0.3) is 0 Å². The van der Waals surface area contributed by atoms with Gasteiger partial charge in [0.15, 0.2) is 6.29 Å². The van der Waals surface area contributed by atoms with Crippen molar-refractivity contribution in [3.63, 3.8) is 0 Å². The summed E-state index contributed by atoms with van der Waals surface area (Å²) in [5.41, 5.74) is 0.804. The SMILES string of the molecule is CC1=CN(C)C(NC(=O)c2cc([N+](=O)[O-])ccc2Cl)N=C1. The summed E-state index contributed by atoms with van der Waals surface area (Å²) in [4.78, 5) is 28.3. The maximum Gasteiger partial charge on any atom is 0.270 e. The van der Waals surface area contributed by atoms with Crippen LogP contribution in [-0.4, -0.2) is 35.3 Å². The van der Waals surface area contributed by atoms with E-state index < -0.39 is 17.1 Å². The number of benzene rings is 1. The van der Waals surface area contributed by atoms with Gasteiger partial charge in [-0.15, -0.1) is 0 Å². The zero-order chi connectivity index (χ0) is 15.6. The summed E-state index contributed by atoms with van der Waals surface area (Å²) in [5, 5.41) is 13.6. The summed E-state index contributed by atoms with van der Waals surface area (Å²) < 4.78 is 0. The second-order valence-electron chi connectivity index (χ2n) is 4.59. The molecule has 1 aromatic rings. The Morgan fingerprint density at radius 1 is 1.52 bits per heavy atom. The number of carbonyl (C=O) groups is 1. The van der Waals surface area contributed by atoms with Crippen LogP contribution in [0, 0.1) is 10.1 Å². The first-order chi connectivity index (χ1) is 9.88. The van der Waals surface area contributed by atoms with Crippen LogP contribution in [0.4, 0.5) is 5.69 Å². The van der Waals surface area contributed by atoms with E-state index in [0.29, 0.717) is 0 Å². The molecule has 0 saturated carbocycles. The van der Waals surface area contributed by atoms with Crippen molar-refractivity contribution in [3.8, 4) is 0 Å². The summed E-state index contributed by atoms with van der Waals surface area (Å²) in [6.07, 6.45) is 2.89. The molecule has 1 aromatic carbocycles. The van der Waals surface area contributed by atoms with Crippen molar-refractivity contribution in [2.24, 2.45) is 4.99 Å². The molecule has 2 rings (SSSR count). The van der Waals surface area contributed by atoms with Gasteiger partial charge in [0.1, 0.15) is 0 Å². The zero-order valence-electron chi connectivity index (χ0n) is 11.4. The molecular weight excluding hydrogens is 296 g/mol. The topological polar surface area (TPSA) is 87.8 Å². The Morgan fingerprint density at radius 3 is 2.86 bits per heavy atom. The molecule has 7 nitrogen and oxygen atoms in total. The highest BCUT2D eigenvalue weighted by atomic mass is 35.5. The van der Waals surface area contributed by atoms with Gasteiger partial charge >= 0.3 is 0 Å². The number of carbonyl (C=O) groups excluding carboxylic acids is 1. The van der Waals surface area contributed by atoms with Crippen LogP contribution in [0.3, 0.4) is 0 Å². The van der Waals surface area contributed by atoms with Crippen LogP contribution in [0.1, 0.15) is 17.3 Å². The molecule has 8 heteroatoms. The third-order valence-electron chi connectivity index (χ3n) is 2.88. The fourth-order valence-electron chi connectivity index (χ4n) is 1.85. The van der Waals surface area contributed by atoms with Gasteiger partial charge in [0.05, 0.1) is 15.5 Å². The van der Waals surface area contributed by atoms with Crippen LogP contribution in [-0.2, 0) is 0 Å². The van der Waals surface area contributed by atoms with Crippen LogP contribution in [0.5, 0.6) is 0 Å². The normalized spacial score (nSPS) is 17.4. The quantitative estimate of drug-likeness (QED) is 0.684. The average molecular weight is 309 g/mol. The highest BCUT2D eigenvalue weighted by Crippen LogP contribution is 2.22. The standard InChI is InChI=1S/C13H13ClN4O3/c1-8-6-15-13(17(2)7-8)16-12(19)10-5-9(18(20)21)3-4-11(10)14/h3-7,13H,1-2H3,(H,16,19). The van der Waals surface area contributed by atoms with Crippen molar-refractivity contribution in [2.75, 3.05) is 7.05 Å². The number of hydrogen-bond donors (Lipinski definition) is 1. The van der Waals surface area contributed by atoms with E-state index >= 15 is 0 Å². The predicted molar refractivity (Wildman–Crippen MR) is 79.4 cm³/mol. The number of rotatable bonds is 3. The molecule has 0 saturated heterocycles. The summed E-state index contributed by atoms with van der Waals surface area (Å²) in [6, 6.07) is 3.72. The zero-order valence-corrected chi connectivity index (χ0v) is 12.2. The van der Waals surface area contributed by atoms with Crippen LogP contribution in [0.15, 0.2) is 35.0 Å². The Balaban J connectivity index is 2.19. The van der Waals surface area contributed by atoms with E-state index in [-0.39, 0.29) is 16.3 Å². The van der Waals surface area contributed by atoms with E-state index in [2.05, 4.69) is 10.3 Å². The van der Waals surface area contributed by atoms with Crippen LogP contribution in [0.2, 0.25) is 5.02 Å². The molecule has 0 fully saturated rings. The number of nitrogens with one attached hydrogen (secondary N) is 1. The molecule has 1 heterocycles. The first kappa shape index (κ1) is 15.0. The van der Waals surface area contributed by atoms with Crippen molar-refractivity contribution in [1.82, 2.24) is 10.2 Å². The number of allylic oxidation sites excluding steroid dienone is 1. The summed E-state index contributed by atoms with van der Waals surface area (Å²) in [7, 11) is 1.76. The van der Waals surface area contributed by atoms with E-state index in [4.69, 9.17) is 11.6 Å². The number of nitro benzene ring substituents is 1. The molecule has 1 atom stereocenters. The molecule has 1 unspecified atom stereocenters. The molecule has 21 heavy (non-hydrogen) atoms. The van der Waals surface area contributed by atoms with Crippen molar-refractivity contribution < 1.29 is 9.72 Å². The second-order valence-corrected chi connectivity index (χ2v) is 4.99. The largest absolute Gasteiger partial charge is 0.342 e. The van der Waals surface area contributed by atoms with Gasteiger partial charge in [-0.2, -0.15) is 0 Å². The number of aliphatic imine (C=N–C) groups is 1. The Kier molecular flexibility index (Phi) is 4.23. The summed E-state index contributed by atoms with van der Waals surface area (Å²) in [6.45, 7) is 1.88. The third-order valence-corrected chi connectivity index (χ3v) is 3.21. The summed E-state index contributed by atoms with van der Waals surface area (Å²) >= 11 is 5.93. The van der Waals surface area contributed by atoms with Gasteiger partial charge in [-0.05, 0) is 18.6 Å². The number of nitro groups is 1. The number of halogens is 1. The number of hydrogen-bond acceptors (Lipinski definition) is 5. The fraction of sp³-hybridized carbons (Fsp3) is 0.231. The molecule has 0 aromatic heterocycles. The van der Waals surface area contributed by atoms with Crippen molar-refractivity contribution in [3.05, 3.63) is 50.7 Å². The van der Waals surface area contributed by atoms with Crippen molar-refractivity contribution >= 4 is 29.4 Å². The van der Waals surface area contributed by atoms with Crippen LogP contribution < -0.4 is 5.32 Å². The smallest absolute Gasteiger partial charge is 0.270 e. The molecular formula is C13H13ClN4O3. The fourth-order valence-corrected chi connectivity index (χ4v) is 2.06. The lowest BCUT2D eigenvalue weighted by molar-refractivity contribution is -0.384. The van der Waals surface area contributed by atoms with E-state index in [0.717, 1.165) is 11.6 Å². The lowest BCUT2D eigenvalue weighted by Crippen LogP contribution is -2.44. The van der Waals surface area contributed by atoms with Crippen molar-refractivity contribution in [2.45, 2.75) is 13.2 Å². The average Bonchev–Trinajstić information content (AvgIpc) is 2.42. The molecule has 0 bridgehead atoms. The predicted octanol–water partition coefficient (Wildman–Crippen LogP) is 2.18. The highest BCUT2D eigenvalue weighted by Gasteiger charge is 2.21. The van der Waals surface area contributed by atoms with E-state index in [1.165, 1.54) is 12.1 Å². The first-order valence-corrected chi connectivity index (χ1v) is 6.44. The maximum atomic E-state index is 12.2. The van der Waals surface area contributed by atoms with Gasteiger partial charge in [0.2, 0.25) is 0 Å². The van der Waals surface area contributed by atoms with Crippen LogP contribution >= 0.6 is 11.6 Å².